The van der Waals surface area contributed by atoms with Gasteiger partial charge in [-0.05, 0) is 21.0 Å². The Balaban J connectivity index is 2.26. The second-order valence-corrected chi connectivity index (χ2v) is 5.61. The van der Waals surface area contributed by atoms with Crippen molar-refractivity contribution in [3.63, 3.8) is 0 Å². The van der Waals surface area contributed by atoms with Crippen molar-refractivity contribution in [2.75, 3.05) is 7.11 Å². The molecule has 2 aliphatic rings. The number of hydrogen-bond acceptors (Lipinski definition) is 3. The number of esters is 1. The quantitative estimate of drug-likeness (QED) is 0.529. The van der Waals surface area contributed by atoms with Gasteiger partial charge in [-0.2, -0.15) is 0 Å². The molecule has 0 aromatic carbocycles. The minimum Gasteiger partial charge on any atom is -0.467 e. The monoisotopic (exact) mass is 251 g/mol. The van der Waals surface area contributed by atoms with Gasteiger partial charge in [0, 0.05) is 17.5 Å². The Bertz CT molecular complexity index is 435. The molecule has 0 saturated heterocycles. The molecule has 0 spiro atoms. The largest absolute Gasteiger partial charge is 0.467 e. The number of hydrogen-bond donors (Lipinski definition) is 0. The summed E-state index contributed by atoms with van der Waals surface area (Å²) in [6.07, 6.45) is 9.25. The summed E-state index contributed by atoms with van der Waals surface area (Å²) in [7, 11) is 4.04. The van der Waals surface area contributed by atoms with Crippen molar-refractivity contribution in [1.82, 2.24) is 4.67 Å². The Kier molecular flexibility index (Phi) is 3.13. The van der Waals surface area contributed by atoms with E-state index in [0.717, 1.165) is 5.70 Å². The van der Waals surface area contributed by atoms with Crippen molar-refractivity contribution in [3.05, 3.63) is 35.6 Å². The maximum atomic E-state index is 11.6. The van der Waals surface area contributed by atoms with Gasteiger partial charge in [-0.3, -0.25) is 0 Å². The average molecular weight is 251 g/mol. The Morgan fingerprint density at radius 3 is 2.76 bits per heavy atom. The van der Waals surface area contributed by atoms with E-state index in [1.165, 1.54) is 12.7 Å². The maximum Gasteiger partial charge on any atom is 0.329 e. The van der Waals surface area contributed by atoms with E-state index >= 15 is 0 Å². The van der Waals surface area contributed by atoms with Crippen LogP contribution in [0.15, 0.2) is 35.6 Å². The summed E-state index contributed by atoms with van der Waals surface area (Å²) in [4.78, 5) is 11.6. The highest BCUT2D eigenvalue weighted by molar-refractivity contribution is 7.13. The third-order valence-corrected chi connectivity index (χ3v) is 3.85. The van der Waals surface area contributed by atoms with Gasteiger partial charge in [0.2, 0.25) is 0 Å². The number of methoxy groups -OCH3 is 1. The molecule has 0 amide bonds. The van der Waals surface area contributed by atoms with Crippen molar-refractivity contribution in [2.45, 2.75) is 26.3 Å². The molecule has 0 aromatic heterocycles. The van der Waals surface area contributed by atoms with Crippen LogP contribution in [-0.2, 0) is 9.53 Å². The molecule has 92 valence electrons. The number of rotatable bonds is 1. The van der Waals surface area contributed by atoms with E-state index in [2.05, 4.69) is 47.5 Å². The lowest BCUT2D eigenvalue weighted by atomic mass is 9.93. The predicted molar refractivity (Wildman–Crippen MR) is 71.1 cm³/mol. The number of allylic oxidation sites excluding steroid dienone is 4. The van der Waals surface area contributed by atoms with Gasteiger partial charge in [0.05, 0.1) is 7.11 Å². The molecule has 17 heavy (non-hydrogen) atoms. The molecule has 3 nitrogen and oxygen atoms in total. The van der Waals surface area contributed by atoms with Gasteiger partial charge in [-0.1, -0.05) is 32.1 Å². The first-order valence-corrected chi connectivity index (χ1v) is 6.19. The van der Waals surface area contributed by atoms with E-state index in [-0.39, 0.29) is 17.4 Å². The highest BCUT2D eigenvalue weighted by Crippen LogP contribution is 2.37. The van der Waals surface area contributed by atoms with Crippen molar-refractivity contribution in [2.24, 2.45) is 5.41 Å². The van der Waals surface area contributed by atoms with Crippen LogP contribution in [0.1, 0.15) is 20.3 Å². The summed E-state index contributed by atoms with van der Waals surface area (Å²) in [5.41, 5.74) is 2.35. The molecule has 0 saturated carbocycles. The molecule has 4 heteroatoms. The van der Waals surface area contributed by atoms with Crippen LogP contribution >= 0.6 is 9.39 Å². The van der Waals surface area contributed by atoms with Crippen LogP contribution < -0.4 is 0 Å². The lowest BCUT2D eigenvalue weighted by molar-refractivity contribution is -0.144. The van der Waals surface area contributed by atoms with Crippen molar-refractivity contribution in [3.8, 4) is 0 Å². The second kappa shape index (κ2) is 4.30. The zero-order chi connectivity index (χ0) is 12.6. The van der Waals surface area contributed by atoms with Crippen molar-refractivity contribution < 1.29 is 9.53 Å². The molecule has 0 radical (unpaired) electrons. The summed E-state index contributed by atoms with van der Waals surface area (Å²) in [5, 5.41) is 0. The normalized spacial score (nSPS) is 25.9. The molecule has 2 unspecified atom stereocenters. The van der Waals surface area contributed by atoms with Gasteiger partial charge >= 0.3 is 5.97 Å². The SMILES string of the molecule is COC(=O)C1CC2=C(C=CC(C)(C)C=C2)N1P. The summed E-state index contributed by atoms with van der Waals surface area (Å²) in [6, 6.07) is -0.217. The maximum absolute atomic E-state index is 11.6. The molecular weight excluding hydrogens is 233 g/mol. The molecule has 0 fully saturated rings. The fourth-order valence-electron chi connectivity index (χ4n) is 2.09. The van der Waals surface area contributed by atoms with Crippen LogP contribution in [0.2, 0.25) is 0 Å². The number of carbonyl (C=O) groups is 1. The highest BCUT2D eigenvalue weighted by Gasteiger charge is 2.34. The molecular formula is C13H18NO2P. The molecule has 1 heterocycles. The predicted octanol–water partition coefficient (Wildman–Crippen LogP) is 2.43. The molecule has 0 N–H and O–H groups in total. The van der Waals surface area contributed by atoms with Gasteiger partial charge < -0.3 is 9.41 Å². The smallest absolute Gasteiger partial charge is 0.329 e. The van der Waals surface area contributed by atoms with Gasteiger partial charge in [0.25, 0.3) is 0 Å². The number of carbonyl (C=O) groups excluding carboxylic acids is 1. The third-order valence-electron chi connectivity index (χ3n) is 3.21. The first-order valence-electron chi connectivity index (χ1n) is 5.68. The minimum absolute atomic E-state index is 0.0661. The van der Waals surface area contributed by atoms with E-state index in [1.807, 2.05) is 4.67 Å². The lowest BCUT2D eigenvalue weighted by Crippen LogP contribution is -2.30. The zero-order valence-corrected chi connectivity index (χ0v) is 11.6. The molecule has 2 rings (SSSR count). The Hall–Kier alpha value is -1.08. The summed E-state index contributed by atoms with van der Waals surface area (Å²) in [6.45, 7) is 4.32. The van der Waals surface area contributed by atoms with Gasteiger partial charge in [0.15, 0.2) is 0 Å². The average Bonchev–Trinajstić information content (AvgIpc) is 2.51. The van der Waals surface area contributed by atoms with E-state index in [0.29, 0.717) is 6.42 Å². The second-order valence-electron chi connectivity index (χ2n) is 5.05. The van der Waals surface area contributed by atoms with Crippen molar-refractivity contribution >= 4 is 15.4 Å². The van der Waals surface area contributed by atoms with Crippen LogP contribution in [0.3, 0.4) is 0 Å². The Labute approximate surface area is 104 Å². The van der Waals surface area contributed by atoms with E-state index in [4.69, 9.17) is 4.74 Å². The summed E-state index contributed by atoms with van der Waals surface area (Å²) >= 11 is 0. The molecule has 1 aliphatic carbocycles. The summed E-state index contributed by atoms with van der Waals surface area (Å²) in [5.74, 6) is -0.186. The first kappa shape index (κ1) is 12.4. The molecule has 2 atom stereocenters. The molecule has 0 bridgehead atoms. The number of ether oxygens (including phenoxy) is 1. The van der Waals surface area contributed by atoms with Crippen molar-refractivity contribution in [1.29, 1.82) is 0 Å². The minimum atomic E-state index is -0.217. The van der Waals surface area contributed by atoms with E-state index in [9.17, 15) is 4.79 Å². The Morgan fingerprint density at radius 2 is 2.12 bits per heavy atom. The fourth-order valence-corrected chi connectivity index (χ4v) is 2.57. The third kappa shape index (κ3) is 2.30. The molecule has 1 aliphatic heterocycles. The van der Waals surface area contributed by atoms with Crippen LogP contribution in [0.5, 0.6) is 0 Å². The van der Waals surface area contributed by atoms with Crippen LogP contribution in [0, 0.1) is 5.41 Å². The lowest BCUT2D eigenvalue weighted by Gasteiger charge is -2.22. The van der Waals surface area contributed by atoms with Crippen LogP contribution in [0.25, 0.3) is 0 Å². The Morgan fingerprint density at radius 1 is 1.47 bits per heavy atom. The number of nitrogens with zero attached hydrogens (tertiary/aromatic N) is 1. The van der Waals surface area contributed by atoms with E-state index < -0.39 is 0 Å². The molecule has 0 aromatic rings. The van der Waals surface area contributed by atoms with Gasteiger partial charge in [0.1, 0.15) is 6.04 Å². The highest BCUT2D eigenvalue weighted by atomic mass is 31.0. The standard InChI is InChI=1S/C13H18NO2P/c1-13(2)6-4-9-8-11(12(15)16-3)14(17)10(9)5-7-13/h4-7,11H,8,17H2,1-3H3. The topological polar surface area (TPSA) is 29.5 Å². The fraction of sp³-hybridized carbons (Fsp3) is 0.462. The van der Waals surface area contributed by atoms with Gasteiger partial charge in [-0.15, -0.1) is 0 Å². The van der Waals surface area contributed by atoms with Crippen LogP contribution in [-0.4, -0.2) is 23.8 Å². The first-order chi connectivity index (χ1) is 7.94. The summed E-state index contributed by atoms with van der Waals surface area (Å²) < 4.78 is 6.73. The van der Waals surface area contributed by atoms with Gasteiger partial charge in [-0.25, -0.2) is 4.79 Å². The zero-order valence-electron chi connectivity index (χ0n) is 10.4. The van der Waals surface area contributed by atoms with Crippen LogP contribution in [0.4, 0.5) is 0 Å². The van der Waals surface area contributed by atoms with E-state index in [1.54, 1.807) is 0 Å².